The fraction of sp³-hybridized carbons (Fsp3) is 0.600. The lowest BCUT2D eigenvalue weighted by molar-refractivity contribution is 0.213. The highest BCUT2D eigenvalue weighted by atomic mass is 16.5. The van der Waals surface area contributed by atoms with E-state index in [2.05, 4.69) is 20.8 Å². The molecule has 0 aliphatic rings. The van der Waals surface area contributed by atoms with Gasteiger partial charge in [0.05, 0.1) is 13.7 Å². The molecule has 0 radical (unpaired) electrons. The van der Waals surface area contributed by atoms with Crippen LogP contribution < -0.4 is 4.74 Å². The minimum Gasteiger partial charge on any atom is -0.504 e. The van der Waals surface area contributed by atoms with Crippen LogP contribution in [0.2, 0.25) is 0 Å². The molecule has 102 valence electrons. The lowest BCUT2D eigenvalue weighted by atomic mass is 9.79. The first-order valence-corrected chi connectivity index (χ1v) is 6.16. The number of phenols is 1. The van der Waals surface area contributed by atoms with Crippen LogP contribution in [-0.2, 0) is 10.8 Å². The van der Waals surface area contributed by atoms with Crippen molar-refractivity contribution in [1.29, 1.82) is 0 Å². The van der Waals surface area contributed by atoms with Crippen molar-refractivity contribution in [2.45, 2.75) is 45.4 Å². The highest BCUT2D eigenvalue weighted by Gasteiger charge is 2.28. The minimum atomic E-state index is -0.454. The minimum absolute atomic E-state index is 0.00358. The van der Waals surface area contributed by atoms with E-state index in [-0.39, 0.29) is 17.8 Å². The van der Waals surface area contributed by atoms with Crippen LogP contribution in [0, 0.1) is 0 Å². The average molecular weight is 252 g/mol. The van der Waals surface area contributed by atoms with E-state index in [0.29, 0.717) is 5.75 Å². The predicted molar refractivity (Wildman–Crippen MR) is 73.5 cm³/mol. The maximum absolute atomic E-state index is 10.1. The Hall–Kier alpha value is -1.22. The molecular weight excluding hydrogens is 228 g/mol. The summed E-state index contributed by atoms with van der Waals surface area (Å²) in [5.41, 5.74) is 1.34. The Balaban J connectivity index is 3.52. The van der Waals surface area contributed by atoms with Crippen LogP contribution in [0.5, 0.6) is 11.5 Å². The van der Waals surface area contributed by atoms with Crippen LogP contribution in [0.4, 0.5) is 0 Å². The summed E-state index contributed by atoms with van der Waals surface area (Å²) in [6.45, 7) is 10.1. The molecular formula is C15H24O3. The van der Waals surface area contributed by atoms with Crippen molar-refractivity contribution in [3.8, 4) is 11.5 Å². The smallest absolute Gasteiger partial charge is 0.164 e. The van der Waals surface area contributed by atoms with E-state index in [0.717, 1.165) is 11.1 Å². The number of methoxy groups -OCH3 is 1. The molecule has 0 fully saturated rings. The first-order valence-electron chi connectivity index (χ1n) is 6.16. The van der Waals surface area contributed by atoms with Gasteiger partial charge in [0.2, 0.25) is 0 Å². The van der Waals surface area contributed by atoms with Gasteiger partial charge in [-0.15, -0.1) is 0 Å². The molecule has 0 atom stereocenters. The van der Waals surface area contributed by atoms with Gasteiger partial charge in [0.15, 0.2) is 11.5 Å². The monoisotopic (exact) mass is 252 g/mol. The zero-order valence-corrected chi connectivity index (χ0v) is 12.2. The van der Waals surface area contributed by atoms with Crippen molar-refractivity contribution in [1.82, 2.24) is 0 Å². The number of aliphatic hydroxyl groups is 1. The van der Waals surface area contributed by atoms with Gasteiger partial charge in [0.25, 0.3) is 0 Å². The molecule has 0 bridgehead atoms. The molecule has 0 heterocycles. The maximum atomic E-state index is 10.1. The Morgan fingerprint density at radius 2 is 1.67 bits per heavy atom. The van der Waals surface area contributed by atoms with Crippen LogP contribution in [0.1, 0.15) is 45.7 Å². The summed E-state index contributed by atoms with van der Waals surface area (Å²) in [4.78, 5) is 0. The first-order chi connectivity index (χ1) is 8.13. The molecule has 0 unspecified atom stereocenters. The summed E-state index contributed by atoms with van der Waals surface area (Å²) >= 11 is 0. The number of aromatic hydroxyl groups is 1. The molecule has 3 heteroatoms. The molecule has 0 saturated heterocycles. The maximum Gasteiger partial charge on any atom is 0.164 e. The molecule has 0 aliphatic carbocycles. The molecule has 0 saturated carbocycles. The summed E-state index contributed by atoms with van der Waals surface area (Å²) in [6, 6.07) is 3.74. The summed E-state index contributed by atoms with van der Waals surface area (Å²) in [6.07, 6.45) is 0. The fourth-order valence-corrected chi connectivity index (χ4v) is 1.85. The molecule has 1 aromatic carbocycles. The number of benzene rings is 1. The molecule has 0 aromatic heterocycles. The van der Waals surface area contributed by atoms with Gasteiger partial charge in [0, 0.05) is 11.0 Å². The molecule has 2 N–H and O–H groups in total. The van der Waals surface area contributed by atoms with Crippen LogP contribution in [0.15, 0.2) is 12.1 Å². The molecule has 0 spiro atoms. The fourth-order valence-electron chi connectivity index (χ4n) is 1.85. The Kier molecular flexibility index (Phi) is 3.96. The van der Waals surface area contributed by atoms with Gasteiger partial charge >= 0.3 is 0 Å². The second-order valence-corrected chi connectivity index (χ2v) is 6.37. The predicted octanol–water partition coefficient (Wildman–Crippen LogP) is 2.97. The zero-order chi connectivity index (χ0) is 14.1. The first kappa shape index (κ1) is 14.8. The van der Waals surface area contributed by atoms with E-state index in [1.54, 1.807) is 6.07 Å². The average Bonchev–Trinajstić information content (AvgIpc) is 2.26. The number of rotatable bonds is 3. The topological polar surface area (TPSA) is 49.7 Å². The van der Waals surface area contributed by atoms with Crippen molar-refractivity contribution in [3.63, 3.8) is 0 Å². The van der Waals surface area contributed by atoms with Gasteiger partial charge in [-0.2, -0.15) is 0 Å². The van der Waals surface area contributed by atoms with E-state index in [4.69, 9.17) is 4.74 Å². The number of phenolic OH excluding ortho intramolecular Hbond substituents is 1. The van der Waals surface area contributed by atoms with Crippen molar-refractivity contribution in [2.75, 3.05) is 13.7 Å². The number of aliphatic hydroxyl groups excluding tert-OH is 1. The van der Waals surface area contributed by atoms with Gasteiger partial charge in [-0.25, -0.2) is 0 Å². The Morgan fingerprint density at radius 1 is 1.11 bits per heavy atom. The molecule has 0 amide bonds. The normalized spacial score (nSPS) is 12.6. The van der Waals surface area contributed by atoms with E-state index in [1.165, 1.54) is 7.11 Å². The van der Waals surface area contributed by atoms with Gasteiger partial charge in [0.1, 0.15) is 0 Å². The second-order valence-electron chi connectivity index (χ2n) is 6.37. The number of hydrogen-bond donors (Lipinski definition) is 2. The lowest BCUT2D eigenvalue weighted by Gasteiger charge is -2.28. The molecule has 0 aliphatic heterocycles. The summed E-state index contributed by atoms with van der Waals surface area (Å²) in [7, 11) is 1.53. The van der Waals surface area contributed by atoms with Crippen LogP contribution in [-0.4, -0.2) is 23.9 Å². The summed E-state index contributed by atoms with van der Waals surface area (Å²) in [5, 5.41) is 19.6. The Labute approximate surface area is 109 Å². The lowest BCUT2D eigenvalue weighted by Crippen LogP contribution is -2.24. The molecule has 1 aromatic rings. The second kappa shape index (κ2) is 4.81. The van der Waals surface area contributed by atoms with Gasteiger partial charge in [-0.3, -0.25) is 0 Å². The molecule has 3 nitrogen and oxygen atoms in total. The van der Waals surface area contributed by atoms with Crippen LogP contribution >= 0.6 is 0 Å². The van der Waals surface area contributed by atoms with E-state index in [9.17, 15) is 10.2 Å². The van der Waals surface area contributed by atoms with Crippen LogP contribution in [0.3, 0.4) is 0 Å². The van der Waals surface area contributed by atoms with E-state index >= 15 is 0 Å². The third kappa shape index (κ3) is 2.78. The van der Waals surface area contributed by atoms with Crippen LogP contribution in [0.25, 0.3) is 0 Å². The highest BCUT2D eigenvalue weighted by Crippen LogP contribution is 2.41. The van der Waals surface area contributed by atoms with Crippen molar-refractivity contribution >= 4 is 0 Å². The van der Waals surface area contributed by atoms with Gasteiger partial charge < -0.3 is 14.9 Å². The largest absolute Gasteiger partial charge is 0.504 e. The highest BCUT2D eigenvalue weighted by molar-refractivity contribution is 5.53. The third-order valence-corrected chi connectivity index (χ3v) is 3.26. The van der Waals surface area contributed by atoms with Gasteiger partial charge in [-0.1, -0.05) is 40.7 Å². The molecule has 1 rings (SSSR count). The van der Waals surface area contributed by atoms with E-state index < -0.39 is 5.41 Å². The summed E-state index contributed by atoms with van der Waals surface area (Å²) < 4.78 is 5.27. The van der Waals surface area contributed by atoms with Gasteiger partial charge in [-0.05, 0) is 17.0 Å². The quantitative estimate of drug-likeness (QED) is 0.869. The third-order valence-electron chi connectivity index (χ3n) is 3.26. The van der Waals surface area contributed by atoms with E-state index in [1.807, 2.05) is 19.9 Å². The Bertz CT molecular complexity index is 428. The molecule has 18 heavy (non-hydrogen) atoms. The van der Waals surface area contributed by atoms with Crippen molar-refractivity contribution in [2.24, 2.45) is 0 Å². The zero-order valence-electron chi connectivity index (χ0n) is 12.2. The number of hydrogen-bond acceptors (Lipinski definition) is 3. The summed E-state index contributed by atoms with van der Waals surface area (Å²) in [5.74, 6) is 0.573. The van der Waals surface area contributed by atoms with Crippen molar-refractivity contribution in [3.05, 3.63) is 23.3 Å². The van der Waals surface area contributed by atoms with Crippen molar-refractivity contribution < 1.29 is 14.9 Å². The number of ether oxygens (including phenoxy) is 1. The Morgan fingerprint density at radius 3 is 2.06 bits per heavy atom. The SMILES string of the molecule is COc1c(O)cc(C(C)(C)C)cc1C(C)(C)CO. The standard InChI is InChI=1S/C15H24O3/c1-14(2,3)10-7-11(15(4,5)9-16)13(18-6)12(17)8-10/h7-8,16-17H,9H2,1-6H3.